The van der Waals surface area contributed by atoms with E-state index in [1.807, 2.05) is 20.0 Å². The number of amides is 2. The van der Waals surface area contributed by atoms with Crippen molar-refractivity contribution in [3.63, 3.8) is 0 Å². The van der Waals surface area contributed by atoms with E-state index >= 15 is 0 Å². The van der Waals surface area contributed by atoms with Crippen LogP contribution in [0.15, 0.2) is 35.4 Å². The summed E-state index contributed by atoms with van der Waals surface area (Å²) in [6.45, 7) is 3.49. The highest BCUT2D eigenvalue weighted by molar-refractivity contribution is 7.90. The monoisotopic (exact) mass is 376 g/mol. The van der Waals surface area contributed by atoms with Gasteiger partial charge in [0.15, 0.2) is 0 Å². The number of carbonyl (C=O) groups is 2. The zero-order valence-corrected chi connectivity index (χ0v) is 15.6. The molecule has 2 heterocycles. The Bertz CT molecular complexity index is 980. The van der Waals surface area contributed by atoms with Gasteiger partial charge < -0.3 is 5.32 Å². The summed E-state index contributed by atoms with van der Waals surface area (Å²) in [5.74, 6) is -0.927. The van der Waals surface area contributed by atoms with Gasteiger partial charge in [-0.05, 0) is 26.0 Å². The van der Waals surface area contributed by atoms with Gasteiger partial charge >= 0.3 is 0 Å². The molecule has 1 aromatic carbocycles. The Labute approximate surface area is 151 Å². The average Bonchev–Trinajstić information content (AvgIpc) is 3.01. The number of aryl methyl sites for hydroxylation is 2. The molecule has 0 saturated carbocycles. The van der Waals surface area contributed by atoms with Crippen molar-refractivity contribution < 1.29 is 18.0 Å². The summed E-state index contributed by atoms with van der Waals surface area (Å²) in [5, 5.41) is 7.05. The highest BCUT2D eigenvalue weighted by Crippen LogP contribution is 2.29. The number of carbonyl (C=O) groups excluding carboxylic acids is 2. The van der Waals surface area contributed by atoms with Crippen molar-refractivity contribution in [2.75, 3.05) is 6.54 Å². The van der Waals surface area contributed by atoms with Crippen LogP contribution in [0, 0.1) is 6.92 Å². The Kier molecular flexibility index (Phi) is 4.57. The summed E-state index contributed by atoms with van der Waals surface area (Å²) in [5.41, 5.74) is 1.85. The fourth-order valence-electron chi connectivity index (χ4n) is 3.09. The van der Waals surface area contributed by atoms with Crippen LogP contribution in [0.3, 0.4) is 0 Å². The lowest BCUT2D eigenvalue weighted by Gasteiger charge is -2.17. The molecule has 26 heavy (non-hydrogen) atoms. The second-order valence-electron chi connectivity index (χ2n) is 6.26. The fraction of sp³-hybridized carbons (Fsp3) is 0.353. The van der Waals surface area contributed by atoms with Crippen molar-refractivity contribution in [1.29, 1.82) is 0 Å². The lowest BCUT2D eigenvalue weighted by molar-refractivity contribution is -0.121. The molecule has 0 aliphatic carbocycles. The van der Waals surface area contributed by atoms with E-state index in [9.17, 15) is 18.0 Å². The molecule has 8 nitrogen and oxygen atoms in total. The fourth-order valence-corrected chi connectivity index (χ4v) is 4.66. The molecule has 1 aromatic heterocycles. The maximum absolute atomic E-state index is 12.5. The molecule has 9 heteroatoms. The molecular weight excluding hydrogens is 356 g/mol. The minimum absolute atomic E-state index is 0.00948. The summed E-state index contributed by atoms with van der Waals surface area (Å²) in [7, 11) is -2.09. The summed E-state index contributed by atoms with van der Waals surface area (Å²) in [6, 6.07) is 5.79. The Morgan fingerprint density at radius 1 is 1.31 bits per heavy atom. The van der Waals surface area contributed by atoms with Crippen molar-refractivity contribution in [2.45, 2.75) is 31.2 Å². The third kappa shape index (κ3) is 3.10. The molecule has 0 fully saturated rings. The normalized spacial score (nSPS) is 16.4. The first kappa shape index (κ1) is 18.1. The lowest BCUT2D eigenvalue weighted by Crippen LogP contribution is -2.35. The largest absolute Gasteiger partial charge is 0.349 e. The number of nitrogens with one attached hydrogen (secondary N) is 1. The van der Waals surface area contributed by atoms with E-state index in [2.05, 4.69) is 10.4 Å². The quantitative estimate of drug-likeness (QED) is 0.843. The number of rotatable bonds is 5. The third-order valence-electron chi connectivity index (χ3n) is 4.35. The maximum atomic E-state index is 12.5. The zero-order valence-electron chi connectivity index (χ0n) is 14.8. The number of aromatic nitrogens is 2. The number of fused-ring (bicyclic) bond motifs is 1. The first-order chi connectivity index (χ1) is 12.2. The minimum Gasteiger partial charge on any atom is -0.349 e. The smallest absolute Gasteiger partial charge is 0.269 e. The molecular formula is C17H20N4O4S. The second kappa shape index (κ2) is 6.56. The van der Waals surface area contributed by atoms with Crippen molar-refractivity contribution in [2.24, 2.45) is 7.05 Å². The molecule has 1 unspecified atom stereocenters. The molecule has 1 N–H and O–H groups in total. The van der Waals surface area contributed by atoms with Crippen molar-refractivity contribution in [1.82, 2.24) is 19.4 Å². The van der Waals surface area contributed by atoms with E-state index in [-0.39, 0.29) is 35.4 Å². The minimum atomic E-state index is -3.88. The van der Waals surface area contributed by atoms with Gasteiger partial charge in [-0.2, -0.15) is 5.10 Å². The molecule has 0 spiro atoms. The van der Waals surface area contributed by atoms with Crippen LogP contribution in [0.4, 0.5) is 0 Å². The number of nitrogens with zero attached hydrogens (tertiary/aromatic N) is 3. The van der Waals surface area contributed by atoms with Crippen LogP contribution in [0.25, 0.3) is 0 Å². The molecule has 1 aliphatic rings. The first-order valence-corrected chi connectivity index (χ1v) is 9.61. The maximum Gasteiger partial charge on any atom is 0.269 e. The Hall–Kier alpha value is -2.68. The Balaban J connectivity index is 1.65. The van der Waals surface area contributed by atoms with E-state index in [1.54, 1.807) is 23.9 Å². The molecule has 2 aromatic rings. The molecule has 0 radical (unpaired) electrons. The number of benzene rings is 1. The lowest BCUT2D eigenvalue weighted by atomic mass is 10.1. The molecule has 1 atom stereocenters. The molecule has 2 amide bonds. The first-order valence-electron chi connectivity index (χ1n) is 8.17. The van der Waals surface area contributed by atoms with Crippen molar-refractivity contribution >= 4 is 21.8 Å². The van der Waals surface area contributed by atoms with Gasteiger partial charge in [-0.25, -0.2) is 12.7 Å². The van der Waals surface area contributed by atoms with E-state index in [0.29, 0.717) is 0 Å². The Morgan fingerprint density at radius 2 is 2.00 bits per heavy atom. The summed E-state index contributed by atoms with van der Waals surface area (Å²) in [6.07, 6.45) is 1.72. The van der Waals surface area contributed by atoms with Crippen LogP contribution in [-0.2, 0) is 21.9 Å². The van der Waals surface area contributed by atoms with Gasteiger partial charge in [0.25, 0.3) is 15.9 Å². The highest BCUT2D eigenvalue weighted by atomic mass is 32.2. The number of sulfonamides is 1. The van der Waals surface area contributed by atoms with E-state index in [0.717, 1.165) is 15.6 Å². The van der Waals surface area contributed by atoms with Crippen LogP contribution in [0.5, 0.6) is 0 Å². The average molecular weight is 376 g/mol. The predicted octanol–water partition coefficient (Wildman–Crippen LogP) is 1.14. The van der Waals surface area contributed by atoms with Gasteiger partial charge in [0.2, 0.25) is 5.91 Å². The standard InChI is InChI=1S/C17H20N4O4S/c1-11(14-10-20(3)19-12(14)2)18-16(22)8-9-21-17(23)13-6-4-5-7-15(13)26(21,24)25/h4-7,10-11H,8-9H2,1-3H3,(H,18,22). The van der Waals surface area contributed by atoms with E-state index in [1.165, 1.54) is 12.1 Å². The topological polar surface area (TPSA) is 101 Å². The zero-order chi connectivity index (χ0) is 19.1. The molecule has 3 rings (SSSR count). The van der Waals surface area contributed by atoms with Crippen LogP contribution in [0.1, 0.15) is 41.0 Å². The number of hydrogen-bond donors (Lipinski definition) is 1. The third-order valence-corrected chi connectivity index (χ3v) is 6.19. The van der Waals surface area contributed by atoms with Gasteiger partial charge in [0.1, 0.15) is 4.90 Å². The van der Waals surface area contributed by atoms with Gasteiger partial charge in [-0.15, -0.1) is 0 Å². The molecule has 0 saturated heterocycles. The Morgan fingerprint density at radius 3 is 2.62 bits per heavy atom. The van der Waals surface area contributed by atoms with E-state index < -0.39 is 15.9 Å². The van der Waals surface area contributed by atoms with Crippen LogP contribution < -0.4 is 5.32 Å². The summed E-state index contributed by atoms with van der Waals surface area (Å²) >= 11 is 0. The SMILES string of the molecule is Cc1nn(C)cc1C(C)NC(=O)CCN1C(=O)c2ccccc2S1(=O)=O. The van der Waals surface area contributed by atoms with Crippen molar-refractivity contribution in [3.8, 4) is 0 Å². The number of hydrogen-bond acceptors (Lipinski definition) is 5. The van der Waals surface area contributed by atoms with E-state index in [4.69, 9.17) is 0 Å². The predicted molar refractivity (Wildman–Crippen MR) is 93.8 cm³/mol. The van der Waals surface area contributed by atoms with Gasteiger partial charge in [-0.3, -0.25) is 14.3 Å². The second-order valence-corrected chi connectivity index (χ2v) is 8.09. The molecule has 1 aliphatic heterocycles. The van der Waals surface area contributed by atoms with Gasteiger partial charge in [0.05, 0.1) is 17.3 Å². The molecule has 0 bridgehead atoms. The van der Waals surface area contributed by atoms with Crippen LogP contribution in [0.2, 0.25) is 0 Å². The van der Waals surface area contributed by atoms with Crippen LogP contribution >= 0.6 is 0 Å². The van der Waals surface area contributed by atoms with Gasteiger partial charge in [0, 0.05) is 31.8 Å². The molecule has 138 valence electrons. The van der Waals surface area contributed by atoms with Crippen molar-refractivity contribution in [3.05, 3.63) is 47.3 Å². The van der Waals surface area contributed by atoms with Gasteiger partial charge in [-0.1, -0.05) is 12.1 Å². The summed E-state index contributed by atoms with van der Waals surface area (Å²) in [4.78, 5) is 24.5. The highest BCUT2D eigenvalue weighted by Gasteiger charge is 2.40. The van der Waals surface area contributed by atoms with Crippen LogP contribution in [-0.4, -0.2) is 40.9 Å². The summed E-state index contributed by atoms with van der Waals surface area (Å²) < 4.78 is 27.3.